The van der Waals surface area contributed by atoms with Crippen LogP contribution in [-0.2, 0) is 0 Å². The molecule has 0 saturated carbocycles. The number of fused-ring (bicyclic) bond motifs is 9. The summed E-state index contributed by atoms with van der Waals surface area (Å²) >= 11 is 0. The van der Waals surface area contributed by atoms with Crippen LogP contribution in [0.5, 0.6) is 0 Å². The van der Waals surface area contributed by atoms with Crippen molar-refractivity contribution in [2.75, 3.05) is 0 Å². The Bertz CT molecular complexity index is 3300. The topological polar surface area (TPSA) is 48.8 Å². The Morgan fingerprint density at radius 1 is 0.316 bits per heavy atom. The summed E-state index contributed by atoms with van der Waals surface area (Å²) in [7, 11) is 0. The van der Waals surface area contributed by atoms with Crippen molar-refractivity contribution in [1.82, 2.24) is 19.1 Å². The predicted molar refractivity (Wildman–Crippen MR) is 234 cm³/mol. The molecule has 266 valence electrons. The van der Waals surface area contributed by atoms with E-state index in [1.54, 1.807) is 0 Å². The van der Waals surface area contributed by atoms with Crippen LogP contribution in [-0.4, -0.2) is 19.1 Å². The number of rotatable bonds is 5. The van der Waals surface area contributed by atoms with Gasteiger partial charge in [0.25, 0.3) is 0 Å². The van der Waals surface area contributed by atoms with Crippen molar-refractivity contribution in [2.45, 2.75) is 0 Å². The normalized spacial score (nSPS) is 11.9. The van der Waals surface area contributed by atoms with Crippen LogP contribution in [0.2, 0.25) is 0 Å². The van der Waals surface area contributed by atoms with Gasteiger partial charge in [0.15, 0.2) is 5.82 Å². The minimum Gasteiger partial charge on any atom is -0.456 e. The second-order valence-corrected chi connectivity index (χ2v) is 14.6. The summed E-state index contributed by atoms with van der Waals surface area (Å²) in [4.78, 5) is 10.7. The largest absolute Gasteiger partial charge is 0.456 e. The number of hydrogen-bond acceptors (Lipinski definition) is 3. The van der Waals surface area contributed by atoms with E-state index in [1.807, 2.05) is 18.2 Å². The molecule has 0 bridgehead atoms. The lowest BCUT2D eigenvalue weighted by Gasteiger charge is -2.16. The van der Waals surface area contributed by atoms with Gasteiger partial charge in [-0.05, 0) is 66.7 Å². The molecular formula is C52H32N4O. The van der Waals surface area contributed by atoms with E-state index in [2.05, 4.69) is 185 Å². The predicted octanol–water partition coefficient (Wildman–Crippen LogP) is 13.6. The summed E-state index contributed by atoms with van der Waals surface area (Å²) < 4.78 is 11.1. The summed E-state index contributed by atoms with van der Waals surface area (Å²) in [6.07, 6.45) is 0. The molecule has 12 rings (SSSR count). The minimum atomic E-state index is 0.640. The maximum atomic E-state index is 6.35. The lowest BCUT2D eigenvalue weighted by Crippen LogP contribution is -2.02. The monoisotopic (exact) mass is 728 g/mol. The van der Waals surface area contributed by atoms with Gasteiger partial charge in [0.2, 0.25) is 0 Å². The van der Waals surface area contributed by atoms with E-state index in [4.69, 9.17) is 14.4 Å². The highest BCUT2D eigenvalue weighted by molar-refractivity contribution is 6.11. The summed E-state index contributed by atoms with van der Waals surface area (Å²) in [5.74, 6) is 0.640. The summed E-state index contributed by atoms with van der Waals surface area (Å²) in [6, 6.07) is 68.4. The number of hydrogen-bond donors (Lipinski definition) is 0. The molecule has 12 aromatic rings. The van der Waals surface area contributed by atoms with Crippen molar-refractivity contribution in [1.29, 1.82) is 0 Å². The molecule has 4 aromatic heterocycles. The molecule has 0 unspecified atom stereocenters. The molecule has 0 aliphatic heterocycles. The minimum absolute atomic E-state index is 0.640. The number of furan rings is 1. The molecule has 0 aliphatic rings. The van der Waals surface area contributed by atoms with Crippen LogP contribution in [0, 0.1) is 0 Å². The van der Waals surface area contributed by atoms with Crippen molar-refractivity contribution < 1.29 is 4.42 Å². The number of nitrogens with zero attached hydrogens (tertiary/aromatic N) is 4. The zero-order chi connectivity index (χ0) is 37.5. The van der Waals surface area contributed by atoms with Gasteiger partial charge in [-0.1, -0.05) is 127 Å². The van der Waals surface area contributed by atoms with Gasteiger partial charge in [0.1, 0.15) is 11.2 Å². The Hall–Kier alpha value is -7.76. The number of para-hydroxylation sites is 5. The number of aromatic nitrogens is 4. The van der Waals surface area contributed by atoms with Crippen molar-refractivity contribution in [3.63, 3.8) is 0 Å². The zero-order valence-corrected chi connectivity index (χ0v) is 30.7. The molecule has 0 N–H and O–H groups in total. The summed E-state index contributed by atoms with van der Waals surface area (Å²) in [6.45, 7) is 0. The molecule has 57 heavy (non-hydrogen) atoms. The first-order valence-electron chi connectivity index (χ1n) is 19.2. The Balaban J connectivity index is 1.15. The highest BCUT2D eigenvalue weighted by Crippen LogP contribution is 2.39. The first kappa shape index (κ1) is 31.6. The number of benzene rings is 8. The van der Waals surface area contributed by atoms with Crippen LogP contribution >= 0.6 is 0 Å². The van der Waals surface area contributed by atoms with E-state index >= 15 is 0 Å². The molecule has 5 nitrogen and oxygen atoms in total. The fourth-order valence-corrected chi connectivity index (χ4v) is 8.75. The van der Waals surface area contributed by atoms with Crippen LogP contribution in [0.25, 0.3) is 111 Å². The van der Waals surface area contributed by atoms with E-state index in [0.29, 0.717) is 5.82 Å². The Labute approximate surface area is 327 Å². The van der Waals surface area contributed by atoms with Crippen LogP contribution in [0.4, 0.5) is 0 Å². The van der Waals surface area contributed by atoms with Gasteiger partial charge in [0, 0.05) is 60.4 Å². The van der Waals surface area contributed by atoms with Crippen molar-refractivity contribution in [3.8, 4) is 45.3 Å². The average molecular weight is 729 g/mol. The van der Waals surface area contributed by atoms with Crippen LogP contribution in [0.3, 0.4) is 0 Å². The van der Waals surface area contributed by atoms with Crippen LogP contribution < -0.4 is 0 Å². The third kappa shape index (κ3) is 4.96. The third-order valence-electron chi connectivity index (χ3n) is 11.3. The van der Waals surface area contributed by atoms with E-state index in [0.717, 1.165) is 83.5 Å². The average Bonchev–Trinajstić information content (AvgIpc) is 3.94. The lowest BCUT2D eigenvalue weighted by molar-refractivity contribution is 0.669. The van der Waals surface area contributed by atoms with Gasteiger partial charge < -0.3 is 13.6 Å². The standard InChI is InChI=1S/C52H32N4O/c1-2-14-33(15-3-1)44-32-45(34-26-27-43-42-20-8-13-25-50(42)57-51(43)30-34)54-52(53-44)35-28-36(55-46-21-9-4-16-38(46)39-17-5-10-22-47(39)55)31-37(29-35)56-48-23-11-6-18-40(48)41-19-7-12-24-49(41)56/h1-32H. The smallest absolute Gasteiger partial charge is 0.160 e. The highest BCUT2D eigenvalue weighted by Gasteiger charge is 2.19. The summed E-state index contributed by atoms with van der Waals surface area (Å²) in [5.41, 5.74) is 12.9. The molecule has 0 atom stereocenters. The lowest BCUT2D eigenvalue weighted by atomic mass is 10.0. The van der Waals surface area contributed by atoms with Gasteiger partial charge >= 0.3 is 0 Å². The second-order valence-electron chi connectivity index (χ2n) is 14.6. The van der Waals surface area contributed by atoms with Crippen LogP contribution in [0.15, 0.2) is 199 Å². The molecule has 5 heteroatoms. The first-order valence-corrected chi connectivity index (χ1v) is 19.2. The molecule has 0 radical (unpaired) electrons. The van der Waals surface area contributed by atoms with E-state index in [1.165, 1.54) is 21.5 Å². The molecule has 0 amide bonds. The van der Waals surface area contributed by atoms with E-state index in [-0.39, 0.29) is 0 Å². The Kier molecular flexibility index (Phi) is 6.86. The molecule has 0 aliphatic carbocycles. The molecule has 8 aromatic carbocycles. The van der Waals surface area contributed by atoms with Crippen molar-refractivity contribution in [3.05, 3.63) is 194 Å². The third-order valence-corrected chi connectivity index (χ3v) is 11.3. The van der Waals surface area contributed by atoms with Crippen molar-refractivity contribution in [2.24, 2.45) is 0 Å². The zero-order valence-electron chi connectivity index (χ0n) is 30.7. The highest BCUT2D eigenvalue weighted by atomic mass is 16.3. The SMILES string of the molecule is c1ccc(-c2cc(-c3ccc4c(c3)oc3ccccc34)nc(-c3cc(-n4c5ccccc5c5ccccc54)cc(-n4c5ccccc5c5ccccc54)c3)n2)cc1. The molecule has 4 heterocycles. The molecule has 0 fully saturated rings. The van der Waals surface area contributed by atoms with Gasteiger partial charge in [-0.2, -0.15) is 0 Å². The maximum absolute atomic E-state index is 6.35. The van der Waals surface area contributed by atoms with Gasteiger partial charge in [-0.25, -0.2) is 9.97 Å². The Morgan fingerprint density at radius 3 is 1.33 bits per heavy atom. The van der Waals surface area contributed by atoms with E-state index in [9.17, 15) is 0 Å². The molecule has 0 saturated heterocycles. The molecule has 0 spiro atoms. The fraction of sp³-hybridized carbons (Fsp3) is 0. The van der Waals surface area contributed by atoms with Gasteiger partial charge in [-0.3, -0.25) is 0 Å². The Morgan fingerprint density at radius 2 is 0.772 bits per heavy atom. The second kappa shape index (κ2) is 12.4. The maximum Gasteiger partial charge on any atom is 0.160 e. The van der Waals surface area contributed by atoms with Gasteiger partial charge in [0.05, 0.1) is 33.5 Å². The fourth-order valence-electron chi connectivity index (χ4n) is 8.75. The quantitative estimate of drug-likeness (QED) is 0.177. The van der Waals surface area contributed by atoms with Gasteiger partial charge in [-0.15, -0.1) is 0 Å². The molecular weight excluding hydrogens is 697 g/mol. The first-order chi connectivity index (χ1) is 28.2. The van der Waals surface area contributed by atoms with Crippen molar-refractivity contribution >= 4 is 65.6 Å². The van der Waals surface area contributed by atoms with E-state index < -0.39 is 0 Å². The van der Waals surface area contributed by atoms with Crippen LogP contribution in [0.1, 0.15) is 0 Å². The summed E-state index contributed by atoms with van der Waals surface area (Å²) in [5, 5.41) is 7.03.